The van der Waals surface area contributed by atoms with E-state index in [1.165, 1.54) is 0 Å². The van der Waals surface area contributed by atoms with Crippen molar-refractivity contribution in [3.63, 3.8) is 0 Å². The van der Waals surface area contributed by atoms with Gasteiger partial charge >= 0.3 is 0 Å². The minimum absolute atomic E-state index is 0.158. The molecule has 3 rings (SSSR count). The molecule has 0 amide bonds. The zero-order valence-electron chi connectivity index (χ0n) is 9.29. The molecule has 16 heavy (non-hydrogen) atoms. The lowest BCUT2D eigenvalue weighted by molar-refractivity contribution is 0.107. The van der Waals surface area contributed by atoms with Crippen LogP contribution in [0.1, 0.15) is 17.7 Å². The lowest BCUT2D eigenvalue weighted by Crippen LogP contribution is -2.25. The first kappa shape index (κ1) is 10.1. The van der Waals surface area contributed by atoms with E-state index in [4.69, 9.17) is 4.74 Å². The first-order valence-corrected chi connectivity index (χ1v) is 5.93. The standard InChI is InChI=1S/C11H17N3O2/c15-11-9-2-4-16-7-10(9)13-14(11)6-8-1-3-12-5-8/h8,12-13H,1-7H2. The van der Waals surface area contributed by atoms with Crippen LogP contribution in [0.15, 0.2) is 4.79 Å². The molecule has 1 unspecified atom stereocenters. The second kappa shape index (κ2) is 4.07. The van der Waals surface area contributed by atoms with Crippen LogP contribution in [-0.4, -0.2) is 29.5 Å². The molecule has 5 nitrogen and oxygen atoms in total. The molecule has 0 aliphatic carbocycles. The minimum atomic E-state index is 0.158. The van der Waals surface area contributed by atoms with Gasteiger partial charge in [-0.1, -0.05) is 0 Å². The zero-order valence-corrected chi connectivity index (χ0v) is 9.29. The van der Waals surface area contributed by atoms with Crippen LogP contribution in [0.25, 0.3) is 0 Å². The van der Waals surface area contributed by atoms with Gasteiger partial charge in [-0.3, -0.25) is 14.6 Å². The van der Waals surface area contributed by atoms with Gasteiger partial charge in [-0.2, -0.15) is 0 Å². The summed E-state index contributed by atoms with van der Waals surface area (Å²) in [6.45, 7) is 4.12. The average molecular weight is 223 g/mol. The summed E-state index contributed by atoms with van der Waals surface area (Å²) in [6.07, 6.45) is 1.91. The number of rotatable bonds is 2. The van der Waals surface area contributed by atoms with Gasteiger partial charge in [0.1, 0.15) is 0 Å². The van der Waals surface area contributed by atoms with Crippen LogP contribution in [-0.2, 0) is 24.3 Å². The number of nitrogens with zero attached hydrogens (tertiary/aromatic N) is 1. The monoisotopic (exact) mass is 223 g/mol. The van der Waals surface area contributed by atoms with Crippen LogP contribution in [0.4, 0.5) is 0 Å². The Bertz CT molecular complexity index is 429. The summed E-state index contributed by atoms with van der Waals surface area (Å²) in [5, 5.41) is 6.50. The van der Waals surface area contributed by atoms with Crippen molar-refractivity contribution in [1.82, 2.24) is 15.1 Å². The molecule has 1 fully saturated rings. The lowest BCUT2D eigenvalue weighted by atomic mass is 10.1. The Morgan fingerprint density at radius 1 is 1.50 bits per heavy atom. The molecule has 0 radical (unpaired) electrons. The maximum Gasteiger partial charge on any atom is 0.270 e. The molecule has 1 saturated heterocycles. The number of hydrogen-bond acceptors (Lipinski definition) is 3. The highest BCUT2D eigenvalue weighted by molar-refractivity contribution is 5.18. The number of hydrogen-bond donors (Lipinski definition) is 2. The molecular formula is C11H17N3O2. The molecule has 5 heteroatoms. The Balaban J connectivity index is 1.84. The van der Waals surface area contributed by atoms with Gasteiger partial charge in [0.15, 0.2) is 0 Å². The second-order valence-electron chi connectivity index (χ2n) is 4.65. The summed E-state index contributed by atoms with van der Waals surface area (Å²) in [7, 11) is 0. The number of aromatic nitrogens is 2. The molecule has 1 atom stereocenters. The number of H-pyrrole nitrogens is 1. The van der Waals surface area contributed by atoms with Crippen molar-refractivity contribution >= 4 is 0 Å². The average Bonchev–Trinajstić information content (AvgIpc) is 2.90. The van der Waals surface area contributed by atoms with Gasteiger partial charge in [0.25, 0.3) is 5.56 Å². The van der Waals surface area contributed by atoms with Gasteiger partial charge in [0.05, 0.1) is 18.9 Å². The summed E-state index contributed by atoms with van der Waals surface area (Å²) in [5.41, 5.74) is 2.06. The largest absolute Gasteiger partial charge is 0.375 e. The molecule has 0 spiro atoms. The number of aromatic amines is 1. The quantitative estimate of drug-likeness (QED) is 0.733. The van der Waals surface area contributed by atoms with E-state index in [0.717, 1.165) is 43.7 Å². The van der Waals surface area contributed by atoms with Gasteiger partial charge in [0, 0.05) is 18.5 Å². The van der Waals surface area contributed by atoms with Gasteiger partial charge in [0.2, 0.25) is 0 Å². The molecule has 0 aromatic carbocycles. The highest BCUT2D eigenvalue weighted by Gasteiger charge is 2.21. The summed E-state index contributed by atoms with van der Waals surface area (Å²) < 4.78 is 7.10. The highest BCUT2D eigenvalue weighted by Crippen LogP contribution is 2.13. The molecule has 2 N–H and O–H groups in total. The van der Waals surface area contributed by atoms with E-state index in [-0.39, 0.29) is 5.56 Å². The Kier molecular flexibility index (Phi) is 2.57. The van der Waals surface area contributed by atoms with Crippen LogP contribution in [0, 0.1) is 5.92 Å². The van der Waals surface area contributed by atoms with Crippen molar-refractivity contribution in [2.75, 3.05) is 19.7 Å². The first-order chi connectivity index (χ1) is 7.84. The van der Waals surface area contributed by atoms with E-state index < -0.39 is 0 Å². The van der Waals surface area contributed by atoms with Crippen molar-refractivity contribution in [3.05, 3.63) is 21.6 Å². The van der Waals surface area contributed by atoms with Crippen molar-refractivity contribution in [1.29, 1.82) is 0 Å². The Morgan fingerprint density at radius 2 is 2.44 bits per heavy atom. The Labute approximate surface area is 93.8 Å². The predicted octanol–water partition coefficient (Wildman–Crippen LogP) is -0.141. The molecule has 88 valence electrons. The fraction of sp³-hybridized carbons (Fsp3) is 0.727. The molecule has 2 aliphatic rings. The van der Waals surface area contributed by atoms with Gasteiger partial charge in [-0.05, 0) is 25.4 Å². The van der Waals surface area contributed by atoms with Crippen LogP contribution in [0.5, 0.6) is 0 Å². The molecule has 1 aromatic heterocycles. The first-order valence-electron chi connectivity index (χ1n) is 5.93. The molecular weight excluding hydrogens is 206 g/mol. The molecule has 0 saturated carbocycles. The van der Waals surface area contributed by atoms with Crippen molar-refractivity contribution < 1.29 is 4.74 Å². The number of nitrogens with one attached hydrogen (secondary N) is 2. The summed E-state index contributed by atoms with van der Waals surface area (Å²) in [4.78, 5) is 12.1. The van der Waals surface area contributed by atoms with Crippen LogP contribution in [0.2, 0.25) is 0 Å². The fourth-order valence-corrected chi connectivity index (χ4v) is 2.56. The molecule has 2 aliphatic heterocycles. The van der Waals surface area contributed by atoms with E-state index >= 15 is 0 Å². The predicted molar refractivity (Wildman–Crippen MR) is 59.4 cm³/mol. The van der Waals surface area contributed by atoms with E-state index in [2.05, 4.69) is 10.4 Å². The van der Waals surface area contributed by atoms with E-state index in [0.29, 0.717) is 19.1 Å². The lowest BCUT2D eigenvalue weighted by Gasteiger charge is -2.09. The van der Waals surface area contributed by atoms with E-state index in [1.54, 1.807) is 4.68 Å². The van der Waals surface area contributed by atoms with Crippen LogP contribution < -0.4 is 10.9 Å². The molecule has 1 aromatic rings. The normalized spacial score (nSPS) is 24.6. The maximum absolute atomic E-state index is 12.1. The van der Waals surface area contributed by atoms with Crippen molar-refractivity contribution in [3.8, 4) is 0 Å². The second-order valence-corrected chi connectivity index (χ2v) is 4.65. The highest BCUT2D eigenvalue weighted by atomic mass is 16.5. The summed E-state index contributed by atoms with van der Waals surface area (Å²) >= 11 is 0. The minimum Gasteiger partial charge on any atom is -0.375 e. The summed E-state index contributed by atoms with van der Waals surface area (Å²) in [6, 6.07) is 0. The SMILES string of the molecule is O=c1c2c([nH]n1CC1CCNC1)COCC2. The van der Waals surface area contributed by atoms with Gasteiger partial charge < -0.3 is 10.1 Å². The van der Waals surface area contributed by atoms with Crippen LogP contribution in [0.3, 0.4) is 0 Å². The molecule has 0 bridgehead atoms. The zero-order chi connectivity index (χ0) is 11.0. The molecule has 3 heterocycles. The third-order valence-electron chi connectivity index (χ3n) is 3.48. The third-order valence-corrected chi connectivity index (χ3v) is 3.48. The number of ether oxygens (including phenoxy) is 1. The third kappa shape index (κ3) is 1.70. The fourth-order valence-electron chi connectivity index (χ4n) is 2.56. The van der Waals surface area contributed by atoms with Crippen molar-refractivity contribution in [2.24, 2.45) is 5.92 Å². The van der Waals surface area contributed by atoms with E-state index in [9.17, 15) is 4.79 Å². The smallest absolute Gasteiger partial charge is 0.270 e. The summed E-state index contributed by atoms with van der Waals surface area (Å²) in [5.74, 6) is 0.582. The van der Waals surface area contributed by atoms with Crippen LogP contribution >= 0.6 is 0 Å². The maximum atomic E-state index is 12.1. The Hall–Kier alpha value is -1.07. The van der Waals surface area contributed by atoms with E-state index in [1.807, 2.05) is 0 Å². The van der Waals surface area contributed by atoms with Gasteiger partial charge in [-0.15, -0.1) is 0 Å². The van der Waals surface area contributed by atoms with Gasteiger partial charge in [-0.25, -0.2) is 0 Å². The van der Waals surface area contributed by atoms with Crippen molar-refractivity contribution in [2.45, 2.75) is 26.0 Å². The Morgan fingerprint density at radius 3 is 3.19 bits per heavy atom. The number of fused-ring (bicyclic) bond motifs is 1. The topological polar surface area (TPSA) is 59.0 Å².